The Morgan fingerprint density at radius 3 is 2.42 bits per heavy atom. The van der Waals surface area contributed by atoms with E-state index in [1.54, 1.807) is 20.8 Å². The van der Waals surface area contributed by atoms with Crippen LogP contribution in [-0.4, -0.2) is 51.5 Å². The summed E-state index contributed by atoms with van der Waals surface area (Å²) in [4.78, 5) is 35.5. The van der Waals surface area contributed by atoms with Crippen LogP contribution < -0.4 is 14.5 Å². The Morgan fingerprint density at radius 2 is 1.79 bits per heavy atom. The van der Waals surface area contributed by atoms with E-state index in [-0.39, 0.29) is 46.5 Å². The number of carbonyl (C=O) groups excluding carboxylic acids is 2. The first-order chi connectivity index (χ1) is 20.0. The highest BCUT2D eigenvalue weighted by atomic mass is 32.1. The van der Waals surface area contributed by atoms with E-state index in [9.17, 15) is 22.8 Å². The lowest BCUT2D eigenvalue weighted by atomic mass is 10.0. The number of benzene rings is 2. The van der Waals surface area contributed by atoms with E-state index in [4.69, 9.17) is 31.7 Å². The van der Waals surface area contributed by atoms with Gasteiger partial charge in [-0.15, -0.1) is 0 Å². The van der Waals surface area contributed by atoms with Gasteiger partial charge >= 0.3 is 12.3 Å². The molecular formula is C28H25F4N5O5S. The van der Waals surface area contributed by atoms with Gasteiger partial charge in [0.15, 0.2) is 10.9 Å². The summed E-state index contributed by atoms with van der Waals surface area (Å²) in [7, 11) is 0. The zero-order valence-electron chi connectivity index (χ0n) is 23.6. The topological polar surface area (TPSA) is 118 Å². The standard InChI is InChI=1S/C28H25F4N5O5S/c1-26(2,3)42-25(39)41-9-8-40-22-18-10-17(12-20(29)21(18)34-14-35-22)37-24(43)36(23(38)27(37,4)5)16-7-6-15(13-33)19(11-16)28(30,31)32/h6-7,10-12,14H,8-9H2,1-5H3. The lowest BCUT2D eigenvalue weighted by Crippen LogP contribution is -2.44. The van der Waals surface area contributed by atoms with Crippen molar-refractivity contribution in [1.29, 1.82) is 5.26 Å². The van der Waals surface area contributed by atoms with Crippen molar-refractivity contribution in [3.05, 3.63) is 53.6 Å². The highest BCUT2D eigenvalue weighted by Gasteiger charge is 2.51. The third-order valence-electron chi connectivity index (χ3n) is 6.19. The summed E-state index contributed by atoms with van der Waals surface area (Å²) in [5, 5.41) is 9.00. The molecule has 2 aromatic carbocycles. The molecule has 1 fully saturated rings. The SMILES string of the molecule is CC(C)(C)OC(=O)OCCOc1ncnc2c(F)cc(N3C(=S)N(c4ccc(C#N)c(C(F)(F)F)c4)C(=O)C3(C)C)cc12. The van der Waals surface area contributed by atoms with Crippen LogP contribution in [0.5, 0.6) is 5.88 Å². The van der Waals surface area contributed by atoms with E-state index in [1.807, 2.05) is 0 Å². The zero-order chi connectivity index (χ0) is 31.9. The maximum absolute atomic E-state index is 15.3. The number of rotatable bonds is 6. The molecule has 3 aromatic rings. The Kier molecular flexibility index (Phi) is 8.20. The van der Waals surface area contributed by atoms with Gasteiger partial charge in [0.25, 0.3) is 5.91 Å². The highest BCUT2D eigenvalue weighted by Crippen LogP contribution is 2.41. The Bertz CT molecular complexity index is 1670. The van der Waals surface area contributed by atoms with Crippen LogP contribution in [0.2, 0.25) is 0 Å². The average Bonchev–Trinajstić information content (AvgIpc) is 3.07. The predicted molar refractivity (Wildman–Crippen MR) is 150 cm³/mol. The van der Waals surface area contributed by atoms with Crippen LogP contribution in [-0.2, 0) is 20.4 Å². The van der Waals surface area contributed by atoms with Gasteiger partial charge in [-0.1, -0.05) is 0 Å². The molecule has 10 nitrogen and oxygen atoms in total. The zero-order valence-corrected chi connectivity index (χ0v) is 24.4. The van der Waals surface area contributed by atoms with Gasteiger partial charge in [-0.3, -0.25) is 9.69 Å². The van der Waals surface area contributed by atoms with E-state index in [1.165, 1.54) is 36.9 Å². The van der Waals surface area contributed by atoms with Gasteiger partial charge in [0.2, 0.25) is 5.88 Å². The Morgan fingerprint density at radius 1 is 1.09 bits per heavy atom. The number of nitriles is 1. The molecule has 0 radical (unpaired) electrons. The molecule has 2 heterocycles. The summed E-state index contributed by atoms with van der Waals surface area (Å²) >= 11 is 5.54. The predicted octanol–water partition coefficient (Wildman–Crippen LogP) is 5.91. The minimum atomic E-state index is -4.86. The normalized spacial score (nSPS) is 15.1. The molecule has 4 rings (SSSR count). The molecular weight excluding hydrogens is 594 g/mol. The number of carbonyl (C=O) groups is 2. The van der Waals surface area contributed by atoms with Gasteiger partial charge in [0.1, 0.15) is 36.2 Å². The fourth-order valence-corrected chi connectivity index (χ4v) is 4.86. The van der Waals surface area contributed by atoms with Gasteiger partial charge in [-0.2, -0.15) is 18.4 Å². The lowest BCUT2D eigenvalue weighted by Gasteiger charge is -2.29. The number of hydrogen-bond donors (Lipinski definition) is 0. The van der Waals surface area contributed by atoms with Gasteiger partial charge < -0.3 is 19.1 Å². The van der Waals surface area contributed by atoms with Crippen molar-refractivity contribution in [3.8, 4) is 11.9 Å². The summed E-state index contributed by atoms with van der Waals surface area (Å²) < 4.78 is 71.9. The van der Waals surface area contributed by atoms with Crippen molar-refractivity contribution in [2.45, 2.75) is 51.9 Å². The second-order valence-corrected chi connectivity index (χ2v) is 11.2. The molecule has 0 spiro atoms. The number of aromatic nitrogens is 2. The van der Waals surface area contributed by atoms with Crippen LogP contribution >= 0.6 is 12.2 Å². The van der Waals surface area contributed by atoms with Crippen LogP contribution in [0.4, 0.5) is 33.7 Å². The first-order valence-corrected chi connectivity index (χ1v) is 13.1. The average molecular weight is 620 g/mol. The van der Waals surface area contributed by atoms with Crippen LogP contribution in [0.15, 0.2) is 36.7 Å². The van der Waals surface area contributed by atoms with Crippen molar-refractivity contribution in [2.75, 3.05) is 23.0 Å². The number of nitrogens with zero attached hydrogens (tertiary/aromatic N) is 5. The van der Waals surface area contributed by atoms with Crippen LogP contribution in [0, 0.1) is 17.1 Å². The third-order valence-corrected chi connectivity index (χ3v) is 6.55. The number of ether oxygens (including phenoxy) is 3. The molecule has 1 aliphatic rings. The fourth-order valence-electron chi connectivity index (χ4n) is 4.33. The molecule has 0 atom stereocenters. The van der Waals surface area contributed by atoms with E-state index < -0.39 is 46.3 Å². The molecule has 1 aliphatic heterocycles. The number of amides is 1. The molecule has 0 bridgehead atoms. The van der Waals surface area contributed by atoms with Crippen molar-refractivity contribution < 1.29 is 41.4 Å². The van der Waals surface area contributed by atoms with E-state index in [2.05, 4.69) is 9.97 Å². The Balaban J connectivity index is 1.67. The van der Waals surface area contributed by atoms with Crippen LogP contribution in [0.25, 0.3) is 10.9 Å². The molecule has 0 unspecified atom stereocenters. The van der Waals surface area contributed by atoms with E-state index in [0.29, 0.717) is 6.07 Å². The van der Waals surface area contributed by atoms with Crippen LogP contribution in [0.1, 0.15) is 45.7 Å². The maximum atomic E-state index is 15.3. The smallest absolute Gasteiger partial charge is 0.474 e. The van der Waals surface area contributed by atoms with Gasteiger partial charge in [-0.05, 0) is 77.2 Å². The Hall–Kier alpha value is -4.58. The molecule has 0 N–H and O–H groups in total. The molecule has 43 heavy (non-hydrogen) atoms. The molecule has 0 saturated carbocycles. The van der Waals surface area contributed by atoms with Gasteiger partial charge in [-0.25, -0.2) is 19.2 Å². The Labute approximate surface area is 248 Å². The molecule has 1 aromatic heterocycles. The van der Waals surface area contributed by atoms with Crippen LogP contribution in [0.3, 0.4) is 0 Å². The largest absolute Gasteiger partial charge is 0.508 e. The summed E-state index contributed by atoms with van der Waals surface area (Å²) in [6, 6.07) is 6.79. The fraction of sp³-hybridized carbons (Fsp3) is 0.357. The first kappa shape index (κ1) is 31.4. The molecule has 1 saturated heterocycles. The summed E-state index contributed by atoms with van der Waals surface area (Å²) in [6.45, 7) is 7.60. The molecule has 1 amide bonds. The molecule has 15 heteroatoms. The summed E-state index contributed by atoms with van der Waals surface area (Å²) in [5.41, 5.74) is -4.33. The van der Waals surface area contributed by atoms with Crippen molar-refractivity contribution in [3.63, 3.8) is 0 Å². The minimum Gasteiger partial charge on any atom is -0.474 e. The van der Waals surface area contributed by atoms with E-state index in [0.717, 1.165) is 23.4 Å². The van der Waals surface area contributed by atoms with E-state index >= 15 is 4.39 Å². The highest BCUT2D eigenvalue weighted by molar-refractivity contribution is 7.81. The third kappa shape index (κ3) is 6.29. The first-order valence-electron chi connectivity index (χ1n) is 12.7. The summed E-state index contributed by atoms with van der Waals surface area (Å²) in [6.07, 6.45) is -4.69. The number of thiocarbonyl (C=S) groups is 1. The monoisotopic (exact) mass is 619 g/mol. The second kappa shape index (κ2) is 11.3. The van der Waals surface area contributed by atoms with Crippen molar-refractivity contribution >= 4 is 51.7 Å². The second-order valence-electron chi connectivity index (χ2n) is 10.8. The number of halogens is 4. The summed E-state index contributed by atoms with van der Waals surface area (Å²) in [5.74, 6) is -1.56. The minimum absolute atomic E-state index is 0.0634. The number of hydrogen-bond acceptors (Lipinski definition) is 9. The maximum Gasteiger partial charge on any atom is 0.508 e. The van der Waals surface area contributed by atoms with Crippen molar-refractivity contribution in [1.82, 2.24) is 9.97 Å². The lowest BCUT2D eigenvalue weighted by molar-refractivity contribution is -0.137. The molecule has 0 aliphatic carbocycles. The van der Waals surface area contributed by atoms with Gasteiger partial charge in [0, 0.05) is 5.69 Å². The van der Waals surface area contributed by atoms with Gasteiger partial charge in [0.05, 0.1) is 28.3 Å². The number of alkyl halides is 3. The van der Waals surface area contributed by atoms with Crippen molar-refractivity contribution in [2.24, 2.45) is 0 Å². The number of fused-ring (bicyclic) bond motifs is 1. The molecule has 226 valence electrons. The number of anilines is 2. The quantitative estimate of drug-likeness (QED) is 0.143.